The fourth-order valence-electron chi connectivity index (χ4n) is 3.49. The van der Waals surface area contributed by atoms with E-state index in [0.29, 0.717) is 36.2 Å². The van der Waals surface area contributed by atoms with Crippen LogP contribution in [0.25, 0.3) is 10.9 Å². The van der Waals surface area contributed by atoms with Crippen molar-refractivity contribution in [2.24, 2.45) is 5.92 Å². The number of nitriles is 1. The van der Waals surface area contributed by atoms with Crippen molar-refractivity contribution in [3.8, 4) is 6.07 Å². The Labute approximate surface area is 167 Å². The molecule has 1 aliphatic rings. The maximum absolute atomic E-state index is 13.9. The number of pyridine rings is 1. The van der Waals surface area contributed by atoms with Gasteiger partial charge in [-0.25, -0.2) is 4.39 Å². The van der Waals surface area contributed by atoms with Gasteiger partial charge in [-0.15, -0.1) is 0 Å². The largest absolute Gasteiger partial charge is 0.379 e. The highest BCUT2D eigenvalue weighted by Gasteiger charge is 2.30. The lowest BCUT2D eigenvalue weighted by Crippen LogP contribution is -2.30. The normalized spacial score (nSPS) is 20.3. The number of hydrogen-bond donors (Lipinski definition) is 2. The molecule has 2 unspecified atom stereocenters. The number of fused-ring (bicyclic) bond motifs is 1. The third kappa shape index (κ3) is 3.54. The molecular weight excluding hydrogens is 397 g/mol. The minimum atomic E-state index is -1.51. The minimum Gasteiger partial charge on any atom is -0.379 e. The van der Waals surface area contributed by atoms with Gasteiger partial charge in [-0.05, 0) is 30.7 Å². The van der Waals surface area contributed by atoms with Gasteiger partial charge in [0.05, 0.1) is 45.8 Å². The highest BCUT2D eigenvalue weighted by molar-refractivity contribution is 7.84. The summed E-state index contributed by atoms with van der Waals surface area (Å²) >= 11 is 0. The number of anilines is 2. The molecule has 2 aromatic heterocycles. The molecule has 29 heavy (non-hydrogen) atoms. The van der Waals surface area contributed by atoms with Crippen molar-refractivity contribution in [2.75, 3.05) is 24.8 Å². The predicted molar refractivity (Wildman–Crippen MR) is 106 cm³/mol. The van der Waals surface area contributed by atoms with Gasteiger partial charge < -0.3 is 15.0 Å². The molecule has 0 radical (unpaired) electrons. The standard InChI is InChI=1S/C19H18FN5O3S/c1-29(27)16-8-12(2-3-13(16)20)23-18-17-14(4-6-22-19(17)26)25(24-18)15-10-28-7-5-11(15)9-21/h2-4,6,8,11,15H,5,7,10H2,1H3,(H,22,26)(H,23,24)/t11?,15-,29?/m0/s1. The Kier molecular flexibility index (Phi) is 5.17. The average molecular weight is 415 g/mol. The lowest BCUT2D eigenvalue weighted by atomic mass is 9.96. The maximum Gasteiger partial charge on any atom is 0.261 e. The second kappa shape index (κ2) is 7.77. The summed E-state index contributed by atoms with van der Waals surface area (Å²) in [4.78, 5) is 15.2. The quantitative estimate of drug-likeness (QED) is 0.677. The van der Waals surface area contributed by atoms with Gasteiger partial charge in [0.1, 0.15) is 11.2 Å². The Balaban J connectivity index is 1.82. The van der Waals surface area contributed by atoms with Crippen molar-refractivity contribution in [2.45, 2.75) is 17.4 Å². The van der Waals surface area contributed by atoms with Gasteiger partial charge in [-0.3, -0.25) is 13.7 Å². The van der Waals surface area contributed by atoms with E-state index in [9.17, 15) is 18.7 Å². The van der Waals surface area contributed by atoms with Crippen molar-refractivity contribution in [3.05, 3.63) is 46.6 Å². The molecule has 10 heteroatoms. The van der Waals surface area contributed by atoms with Crippen LogP contribution in [-0.4, -0.2) is 38.4 Å². The molecule has 1 aliphatic heterocycles. The van der Waals surface area contributed by atoms with Crippen LogP contribution in [-0.2, 0) is 15.5 Å². The van der Waals surface area contributed by atoms with Crippen LogP contribution in [0.3, 0.4) is 0 Å². The number of benzene rings is 1. The van der Waals surface area contributed by atoms with E-state index in [2.05, 4.69) is 21.5 Å². The molecule has 0 bridgehead atoms. The van der Waals surface area contributed by atoms with E-state index >= 15 is 0 Å². The zero-order chi connectivity index (χ0) is 20.5. The summed E-state index contributed by atoms with van der Waals surface area (Å²) in [5.74, 6) is -0.594. The number of nitrogens with one attached hydrogen (secondary N) is 2. The number of halogens is 1. The van der Waals surface area contributed by atoms with Crippen molar-refractivity contribution < 1.29 is 13.3 Å². The first-order valence-corrected chi connectivity index (χ1v) is 10.5. The molecule has 0 spiro atoms. The summed E-state index contributed by atoms with van der Waals surface area (Å²) in [6.45, 7) is 0.822. The predicted octanol–water partition coefficient (Wildman–Crippen LogP) is 2.45. The number of rotatable bonds is 4. The van der Waals surface area contributed by atoms with Gasteiger partial charge in [0.2, 0.25) is 0 Å². The SMILES string of the molecule is CS(=O)c1cc(Nc2nn([C@H]3COCCC3C#N)c3cc[nH]c(=O)c23)ccc1F. The van der Waals surface area contributed by atoms with Crippen molar-refractivity contribution in [3.63, 3.8) is 0 Å². The average Bonchev–Trinajstić information content (AvgIpc) is 3.08. The topological polar surface area (TPSA) is 113 Å². The Morgan fingerprint density at radius 1 is 1.45 bits per heavy atom. The second-order valence-electron chi connectivity index (χ2n) is 6.75. The fraction of sp³-hybridized carbons (Fsp3) is 0.316. The zero-order valence-electron chi connectivity index (χ0n) is 15.5. The highest BCUT2D eigenvalue weighted by atomic mass is 32.2. The Morgan fingerprint density at radius 3 is 3.03 bits per heavy atom. The van der Waals surface area contributed by atoms with E-state index in [-0.39, 0.29) is 28.2 Å². The number of ether oxygens (including phenoxy) is 1. The first-order chi connectivity index (χ1) is 14.0. The van der Waals surface area contributed by atoms with E-state index in [1.54, 1.807) is 10.7 Å². The van der Waals surface area contributed by atoms with Crippen LogP contribution in [0.4, 0.5) is 15.9 Å². The monoisotopic (exact) mass is 415 g/mol. The summed E-state index contributed by atoms with van der Waals surface area (Å²) in [6, 6.07) is 7.80. The van der Waals surface area contributed by atoms with Crippen LogP contribution in [0, 0.1) is 23.1 Å². The first-order valence-electron chi connectivity index (χ1n) is 8.97. The van der Waals surface area contributed by atoms with E-state index in [1.165, 1.54) is 30.7 Å². The zero-order valence-corrected chi connectivity index (χ0v) is 16.3. The Bertz CT molecular complexity index is 1200. The summed E-state index contributed by atoms with van der Waals surface area (Å²) in [5, 5.41) is 17.4. The van der Waals surface area contributed by atoms with Crippen LogP contribution in [0.5, 0.6) is 0 Å². The molecule has 1 aromatic carbocycles. The molecule has 1 fully saturated rings. The molecule has 0 amide bonds. The number of H-pyrrole nitrogens is 1. The number of nitrogens with zero attached hydrogens (tertiary/aromatic N) is 3. The Morgan fingerprint density at radius 2 is 2.28 bits per heavy atom. The summed E-state index contributed by atoms with van der Waals surface area (Å²) < 4.78 is 32.8. The van der Waals surface area contributed by atoms with Gasteiger partial charge in [0, 0.05) is 24.7 Å². The summed E-state index contributed by atoms with van der Waals surface area (Å²) in [7, 11) is -1.51. The Hall–Kier alpha value is -3.03. The first kappa shape index (κ1) is 19.3. The van der Waals surface area contributed by atoms with Gasteiger partial charge >= 0.3 is 0 Å². The van der Waals surface area contributed by atoms with Gasteiger partial charge in [-0.2, -0.15) is 10.4 Å². The van der Waals surface area contributed by atoms with Crippen LogP contribution in [0.2, 0.25) is 0 Å². The molecular formula is C19H18FN5O3S. The van der Waals surface area contributed by atoms with Crippen molar-refractivity contribution >= 4 is 33.2 Å². The van der Waals surface area contributed by atoms with Gasteiger partial charge in [0.25, 0.3) is 5.56 Å². The second-order valence-corrected chi connectivity index (χ2v) is 8.10. The smallest absolute Gasteiger partial charge is 0.261 e. The molecule has 1 saturated heterocycles. The molecule has 3 aromatic rings. The van der Waals surface area contributed by atoms with Crippen LogP contribution in [0.1, 0.15) is 12.5 Å². The summed E-state index contributed by atoms with van der Waals surface area (Å²) in [5.41, 5.74) is 0.666. The lowest BCUT2D eigenvalue weighted by molar-refractivity contribution is 0.0359. The molecule has 4 rings (SSSR count). The minimum absolute atomic E-state index is 0.0536. The van der Waals surface area contributed by atoms with Crippen LogP contribution in [0.15, 0.2) is 40.2 Å². The summed E-state index contributed by atoms with van der Waals surface area (Å²) in [6.07, 6.45) is 3.49. The van der Waals surface area contributed by atoms with E-state index in [1.807, 2.05) is 0 Å². The highest BCUT2D eigenvalue weighted by Crippen LogP contribution is 2.32. The van der Waals surface area contributed by atoms with E-state index in [4.69, 9.17) is 4.74 Å². The maximum atomic E-state index is 13.9. The molecule has 3 heterocycles. The lowest BCUT2D eigenvalue weighted by Gasteiger charge is -2.27. The van der Waals surface area contributed by atoms with Gasteiger partial charge in [0.15, 0.2) is 5.82 Å². The number of aromatic nitrogens is 3. The van der Waals surface area contributed by atoms with Crippen molar-refractivity contribution in [1.82, 2.24) is 14.8 Å². The third-order valence-corrected chi connectivity index (χ3v) is 5.87. The molecule has 0 saturated carbocycles. The van der Waals surface area contributed by atoms with E-state index in [0.717, 1.165) is 0 Å². The van der Waals surface area contributed by atoms with Gasteiger partial charge in [-0.1, -0.05) is 0 Å². The van der Waals surface area contributed by atoms with E-state index < -0.39 is 16.6 Å². The molecule has 0 aliphatic carbocycles. The molecule has 3 atom stereocenters. The molecule has 2 N–H and O–H groups in total. The number of aromatic amines is 1. The van der Waals surface area contributed by atoms with Crippen molar-refractivity contribution in [1.29, 1.82) is 5.26 Å². The molecule has 8 nitrogen and oxygen atoms in total. The van der Waals surface area contributed by atoms with Crippen LogP contribution >= 0.6 is 0 Å². The fourth-order valence-corrected chi connectivity index (χ4v) is 4.13. The van der Waals surface area contributed by atoms with Crippen LogP contribution < -0.4 is 10.9 Å². The third-order valence-electron chi connectivity index (χ3n) is 4.94. The molecule has 150 valence electrons. The number of hydrogen-bond acceptors (Lipinski definition) is 6.